The van der Waals surface area contributed by atoms with E-state index in [0.29, 0.717) is 17.5 Å². The Bertz CT molecular complexity index is 2010. The summed E-state index contributed by atoms with van der Waals surface area (Å²) in [6.45, 7) is -0.0254. The second kappa shape index (κ2) is 21.7. The molecule has 1 unspecified atom stereocenters. The third-order valence-corrected chi connectivity index (χ3v) is 10.2. The first-order valence-corrected chi connectivity index (χ1v) is 19.5. The molecule has 0 bridgehead atoms. The molecule has 0 spiro atoms. The summed E-state index contributed by atoms with van der Waals surface area (Å²) in [6.07, 6.45) is -11.3. The van der Waals surface area contributed by atoms with E-state index in [9.17, 15) is 35.2 Å². The van der Waals surface area contributed by atoms with Crippen LogP contribution < -0.4 is 10.6 Å². The number of nitrogens with one attached hydrogen (secondary N) is 2. The van der Waals surface area contributed by atoms with Gasteiger partial charge in [-0.15, -0.1) is 0 Å². The van der Waals surface area contributed by atoms with Gasteiger partial charge in [-0.2, -0.15) is 0 Å². The van der Waals surface area contributed by atoms with Crippen LogP contribution in [0, 0.1) is 0 Å². The van der Waals surface area contributed by atoms with E-state index in [2.05, 4.69) is 20.7 Å². The zero-order chi connectivity index (χ0) is 42.3. The number of aliphatic hydroxyl groups is 3. The molecule has 4 aromatic carbocycles. The van der Waals surface area contributed by atoms with Crippen molar-refractivity contribution in [3.05, 3.63) is 154 Å². The average molecular weight is 825 g/mol. The van der Waals surface area contributed by atoms with Crippen LogP contribution >= 0.6 is 0 Å². The summed E-state index contributed by atoms with van der Waals surface area (Å²) >= 11 is 0. The highest BCUT2D eigenvalue weighted by Gasteiger charge is 2.53. The van der Waals surface area contributed by atoms with Crippen molar-refractivity contribution >= 4 is 18.3 Å². The van der Waals surface area contributed by atoms with E-state index in [1.165, 1.54) is 4.90 Å². The topological polar surface area (TPSA) is 234 Å². The summed E-state index contributed by atoms with van der Waals surface area (Å²) in [5.74, 6) is 0. The second-order valence-corrected chi connectivity index (χ2v) is 14.4. The molecule has 6 rings (SSSR count). The zero-order valence-electron chi connectivity index (χ0n) is 32.6. The van der Waals surface area contributed by atoms with Gasteiger partial charge in [0, 0.05) is 11.5 Å². The first-order chi connectivity index (χ1) is 29.2. The average Bonchev–Trinajstić information content (AvgIpc) is 3.28. The minimum atomic E-state index is -1.87. The van der Waals surface area contributed by atoms with Gasteiger partial charge in [-0.05, 0) is 40.6 Å². The number of alkyl carbamates (subject to hydrolysis) is 2. The van der Waals surface area contributed by atoms with Crippen LogP contribution in [-0.2, 0) is 50.0 Å². The number of azide groups is 1. The van der Waals surface area contributed by atoms with Crippen LogP contribution in [-0.4, -0.2) is 100.0 Å². The lowest BCUT2D eigenvalue weighted by molar-refractivity contribution is -0.265. The Morgan fingerprint density at radius 2 is 1.15 bits per heavy atom. The molecular weight excluding hydrogens is 777 g/mol. The van der Waals surface area contributed by atoms with Gasteiger partial charge < -0.3 is 54.5 Å². The van der Waals surface area contributed by atoms with E-state index in [1.807, 2.05) is 60.7 Å². The number of carbonyl (C=O) groups excluding carboxylic acids is 3. The maximum absolute atomic E-state index is 13.6. The van der Waals surface area contributed by atoms with Gasteiger partial charge >= 0.3 is 18.3 Å². The third-order valence-electron chi connectivity index (χ3n) is 10.2. The van der Waals surface area contributed by atoms with Gasteiger partial charge in [0.1, 0.15) is 38.1 Å². The van der Waals surface area contributed by atoms with Gasteiger partial charge in [-0.1, -0.05) is 126 Å². The Morgan fingerprint density at radius 1 is 0.667 bits per heavy atom. The summed E-state index contributed by atoms with van der Waals surface area (Å²) in [7, 11) is 0. The van der Waals surface area contributed by atoms with E-state index < -0.39 is 73.2 Å². The quantitative estimate of drug-likeness (QED) is 0.0459. The van der Waals surface area contributed by atoms with Crippen LogP contribution in [0.25, 0.3) is 10.4 Å². The summed E-state index contributed by atoms with van der Waals surface area (Å²) < 4.78 is 29.0. The summed E-state index contributed by atoms with van der Waals surface area (Å²) in [5.41, 5.74) is 12.4. The lowest BCUT2D eigenvalue weighted by Crippen LogP contribution is -2.73. The van der Waals surface area contributed by atoms with Crippen molar-refractivity contribution in [1.82, 2.24) is 15.5 Å². The molecule has 1 saturated carbocycles. The molecule has 0 radical (unpaired) electrons. The fraction of sp³-hybridized carbons (Fsp3) is 0.372. The fourth-order valence-corrected chi connectivity index (χ4v) is 7.04. The molecule has 316 valence electrons. The highest BCUT2D eigenvalue weighted by Crippen LogP contribution is 2.31. The Balaban J connectivity index is 1.19. The standard InChI is InChI=1S/C43H48N6O11/c44-48-47-33-22-21-32(24-49(23-28-13-5-1-6-14-28)43(55)58-27-31-19-11-4-12-20-31)59-40(33)60-39-35(46-42(54)57-26-30-17-9-3-10-18-30)36(50)34(37(51)38(39)52)45-41(53)56-25-29-15-7-2-8-16-29/h1-20,32-40,50-52H,21-27H2,(H,45,53)(H,46,54)/t32-,33+,34+,35-,36+,37-,38+,39+,40?/m0/s1. The first kappa shape index (κ1) is 43.4. The molecule has 60 heavy (non-hydrogen) atoms. The van der Waals surface area contributed by atoms with E-state index in [4.69, 9.17) is 23.7 Å². The molecule has 1 aliphatic heterocycles. The minimum Gasteiger partial charge on any atom is -0.445 e. The number of hydrogen-bond acceptors (Lipinski definition) is 12. The van der Waals surface area contributed by atoms with Crippen molar-refractivity contribution in [2.45, 2.75) is 94.1 Å². The van der Waals surface area contributed by atoms with Gasteiger partial charge in [0.2, 0.25) is 0 Å². The van der Waals surface area contributed by atoms with E-state index in [-0.39, 0.29) is 39.3 Å². The monoisotopic (exact) mass is 824 g/mol. The summed E-state index contributed by atoms with van der Waals surface area (Å²) in [5, 5.41) is 43.4. The Labute approximate surface area is 346 Å². The molecule has 0 aromatic heterocycles. The van der Waals surface area contributed by atoms with Crippen molar-refractivity contribution < 1.29 is 53.4 Å². The molecule has 9 atom stereocenters. The summed E-state index contributed by atoms with van der Waals surface area (Å²) in [4.78, 5) is 44.1. The summed E-state index contributed by atoms with van der Waals surface area (Å²) in [6, 6.07) is 32.1. The van der Waals surface area contributed by atoms with Crippen molar-refractivity contribution in [1.29, 1.82) is 0 Å². The normalized spacial score (nSPS) is 24.8. The first-order valence-electron chi connectivity index (χ1n) is 19.5. The van der Waals surface area contributed by atoms with Crippen LogP contribution in [0.2, 0.25) is 0 Å². The molecule has 4 aromatic rings. The van der Waals surface area contributed by atoms with Crippen LogP contribution in [0.15, 0.2) is 126 Å². The smallest absolute Gasteiger partial charge is 0.410 e. The van der Waals surface area contributed by atoms with Crippen molar-refractivity contribution in [2.75, 3.05) is 6.54 Å². The van der Waals surface area contributed by atoms with Gasteiger partial charge in [0.15, 0.2) is 6.29 Å². The number of rotatable bonds is 15. The highest BCUT2D eigenvalue weighted by molar-refractivity contribution is 5.69. The van der Waals surface area contributed by atoms with Crippen LogP contribution in [0.4, 0.5) is 14.4 Å². The van der Waals surface area contributed by atoms with E-state index in [0.717, 1.165) is 11.1 Å². The Morgan fingerprint density at radius 3 is 1.67 bits per heavy atom. The Hall–Kier alpha value is -6.20. The SMILES string of the molecule is [N-]=[N+]=N[C@@H]1CC[C@@H](CN(Cc2ccccc2)C(=O)OCc2ccccc2)OC1O[C@H]1[C@H](O)[C@@H](O)[C@H](NC(=O)OCc2ccccc2)[C@@H](O)[C@@H]1NC(=O)OCc1ccccc1. The number of nitrogens with zero attached hydrogens (tertiary/aromatic N) is 4. The third kappa shape index (κ3) is 12.2. The number of ether oxygens (including phenoxy) is 5. The van der Waals surface area contributed by atoms with E-state index >= 15 is 0 Å². The number of amides is 3. The molecule has 3 amide bonds. The van der Waals surface area contributed by atoms with Crippen LogP contribution in [0.3, 0.4) is 0 Å². The minimum absolute atomic E-state index is 0.0222. The predicted octanol–water partition coefficient (Wildman–Crippen LogP) is 5.08. The second-order valence-electron chi connectivity index (χ2n) is 14.4. The molecule has 2 aliphatic rings. The maximum Gasteiger partial charge on any atom is 0.410 e. The Kier molecular flexibility index (Phi) is 15.7. The van der Waals surface area contributed by atoms with Gasteiger partial charge in [0.05, 0.1) is 36.9 Å². The van der Waals surface area contributed by atoms with Crippen molar-refractivity contribution in [3.8, 4) is 0 Å². The molecular formula is C43H48N6O11. The number of aliphatic hydroxyl groups excluding tert-OH is 3. The molecule has 17 nitrogen and oxygen atoms in total. The largest absolute Gasteiger partial charge is 0.445 e. The lowest BCUT2D eigenvalue weighted by Gasteiger charge is -2.47. The van der Waals surface area contributed by atoms with Gasteiger partial charge in [-0.25, -0.2) is 14.4 Å². The molecule has 2 fully saturated rings. The molecule has 1 aliphatic carbocycles. The van der Waals surface area contributed by atoms with Crippen LogP contribution in [0.1, 0.15) is 35.1 Å². The molecule has 17 heteroatoms. The number of benzene rings is 4. The number of hydrogen-bond donors (Lipinski definition) is 5. The van der Waals surface area contributed by atoms with Gasteiger partial charge in [0.25, 0.3) is 0 Å². The molecule has 1 saturated heterocycles. The lowest BCUT2D eigenvalue weighted by atomic mass is 9.81. The van der Waals surface area contributed by atoms with E-state index in [1.54, 1.807) is 60.7 Å². The van der Waals surface area contributed by atoms with Crippen molar-refractivity contribution in [2.24, 2.45) is 5.11 Å². The fourth-order valence-electron chi connectivity index (χ4n) is 7.04. The zero-order valence-corrected chi connectivity index (χ0v) is 32.6. The van der Waals surface area contributed by atoms with Gasteiger partial charge in [-0.3, -0.25) is 0 Å². The maximum atomic E-state index is 13.6. The predicted molar refractivity (Wildman–Crippen MR) is 214 cm³/mol. The molecule has 5 N–H and O–H groups in total. The highest BCUT2D eigenvalue weighted by atomic mass is 16.7. The van der Waals surface area contributed by atoms with Crippen LogP contribution in [0.5, 0.6) is 0 Å². The van der Waals surface area contributed by atoms with Crippen molar-refractivity contribution in [3.63, 3.8) is 0 Å². The number of carbonyl (C=O) groups is 3. The molecule has 1 heterocycles.